The second-order valence-electron chi connectivity index (χ2n) is 6.06. The number of amides is 2. The second kappa shape index (κ2) is 6.95. The van der Waals surface area contributed by atoms with Crippen LogP contribution in [0.3, 0.4) is 0 Å². The molecule has 2 aliphatic heterocycles. The molecule has 2 saturated heterocycles. The van der Waals surface area contributed by atoms with E-state index in [4.69, 9.17) is 5.11 Å². The standard InChI is InChI=1S/C15H26N2O3/c1-2-12-5-3-8-16(10-7-12)15(20)17-9-4-6-13(17)11-14(18)19/h12-13H,2-11H2,1H3,(H,18,19). The third kappa shape index (κ3) is 3.64. The third-order valence-corrected chi connectivity index (χ3v) is 4.73. The lowest BCUT2D eigenvalue weighted by molar-refractivity contribution is -0.138. The van der Waals surface area contributed by atoms with Crippen LogP contribution in [0.1, 0.15) is 51.9 Å². The van der Waals surface area contributed by atoms with Crippen LogP contribution in [-0.2, 0) is 4.79 Å². The molecule has 2 atom stereocenters. The minimum atomic E-state index is -0.809. The minimum Gasteiger partial charge on any atom is -0.481 e. The van der Waals surface area contributed by atoms with Gasteiger partial charge >= 0.3 is 12.0 Å². The minimum absolute atomic E-state index is 0.0607. The largest absolute Gasteiger partial charge is 0.481 e. The van der Waals surface area contributed by atoms with Crippen LogP contribution in [0.2, 0.25) is 0 Å². The van der Waals surface area contributed by atoms with Gasteiger partial charge in [0, 0.05) is 25.7 Å². The Hall–Kier alpha value is -1.26. The summed E-state index contributed by atoms with van der Waals surface area (Å²) in [5.41, 5.74) is 0. The van der Waals surface area contributed by atoms with E-state index in [1.807, 2.05) is 4.90 Å². The maximum absolute atomic E-state index is 12.6. The molecule has 0 aromatic heterocycles. The maximum Gasteiger partial charge on any atom is 0.320 e. The van der Waals surface area contributed by atoms with Crippen molar-refractivity contribution in [1.82, 2.24) is 9.80 Å². The highest BCUT2D eigenvalue weighted by atomic mass is 16.4. The van der Waals surface area contributed by atoms with Gasteiger partial charge in [0.2, 0.25) is 0 Å². The van der Waals surface area contributed by atoms with Crippen LogP contribution in [0.4, 0.5) is 4.79 Å². The highest BCUT2D eigenvalue weighted by molar-refractivity contribution is 5.76. The Morgan fingerprint density at radius 1 is 1.10 bits per heavy atom. The van der Waals surface area contributed by atoms with Gasteiger partial charge in [0.05, 0.1) is 6.42 Å². The zero-order chi connectivity index (χ0) is 14.5. The highest BCUT2D eigenvalue weighted by Gasteiger charge is 2.33. The van der Waals surface area contributed by atoms with Crippen molar-refractivity contribution in [2.45, 2.75) is 57.9 Å². The van der Waals surface area contributed by atoms with Crippen LogP contribution < -0.4 is 0 Å². The number of nitrogens with zero attached hydrogens (tertiary/aromatic N) is 2. The second-order valence-corrected chi connectivity index (χ2v) is 6.06. The van der Waals surface area contributed by atoms with Crippen LogP contribution in [0.15, 0.2) is 0 Å². The first-order valence-corrected chi connectivity index (χ1v) is 7.89. The number of hydrogen-bond donors (Lipinski definition) is 1. The Morgan fingerprint density at radius 3 is 2.55 bits per heavy atom. The van der Waals surface area contributed by atoms with Crippen molar-refractivity contribution >= 4 is 12.0 Å². The summed E-state index contributed by atoms with van der Waals surface area (Å²) in [5.74, 6) is -0.0715. The molecule has 5 heteroatoms. The van der Waals surface area contributed by atoms with Gasteiger partial charge in [-0.2, -0.15) is 0 Å². The first-order valence-electron chi connectivity index (χ1n) is 7.89. The van der Waals surface area contributed by atoms with Crippen LogP contribution in [0.25, 0.3) is 0 Å². The molecule has 114 valence electrons. The molecular formula is C15H26N2O3. The highest BCUT2D eigenvalue weighted by Crippen LogP contribution is 2.25. The van der Waals surface area contributed by atoms with E-state index in [1.165, 1.54) is 12.8 Å². The molecule has 0 aromatic rings. The summed E-state index contributed by atoms with van der Waals surface area (Å²) in [4.78, 5) is 27.2. The third-order valence-electron chi connectivity index (χ3n) is 4.73. The molecule has 2 fully saturated rings. The number of rotatable bonds is 3. The molecule has 0 aromatic carbocycles. The first-order chi connectivity index (χ1) is 9.61. The lowest BCUT2D eigenvalue weighted by atomic mass is 9.98. The van der Waals surface area contributed by atoms with Gasteiger partial charge in [-0.25, -0.2) is 4.79 Å². The van der Waals surface area contributed by atoms with Gasteiger partial charge in [0.1, 0.15) is 0 Å². The molecule has 5 nitrogen and oxygen atoms in total. The Kier molecular flexibility index (Phi) is 5.26. The van der Waals surface area contributed by atoms with Gasteiger partial charge < -0.3 is 14.9 Å². The fraction of sp³-hybridized carbons (Fsp3) is 0.867. The number of urea groups is 1. The summed E-state index contributed by atoms with van der Waals surface area (Å²) >= 11 is 0. The van der Waals surface area contributed by atoms with Gasteiger partial charge in [-0.3, -0.25) is 4.79 Å². The summed E-state index contributed by atoms with van der Waals surface area (Å²) in [6.45, 7) is 4.58. The molecule has 0 saturated carbocycles. The molecular weight excluding hydrogens is 256 g/mol. The smallest absolute Gasteiger partial charge is 0.320 e. The van der Waals surface area contributed by atoms with Crippen molar-refractivity contribution in [1.29, 1.82) is 0 Å². The number of aliphatic carboxylic acids is 1. The molecule has 1 N–H and O–H groups in total. The Balaban J connectivity index is 1.94. The number of carboxylic acids is 1. The van der Waals surface area contributed by atoms with Crippen LogP contribution >= 0.6 is 0 Å². The van der Waals surface area contributed by atoms with Crippen molar-refractivity contribution in [3.63, 3.8) is 0 Å². The monoisotopic (exact) mass is 282 g/mol. The van der Waals surface area contributed by atoms with E-state index in [0.717, 1.165) is 44.7 Å². The SMILES string of the molecule is CCC1CCCN(C(=O)N2CCCC2CC(=O)O)CC1. The first kappa shape index (κ1) is 15.1. The average Bonchev–Trinajstić information content (AvgIpc) is 2.73. The quantitative estimate of drug-likeness (QED) is 0.865. The molecule has 2 rings (SSSR count). The Labute approximate surface area is 120 Å². The van der Waals surface area contributed by atoms with Gasteiger partial charge in [0.25, 0.3) is 0 Å². The fourth-order valence-corrected chi connectivity index (χ4v) is 3.45. The normalized spacial score (nSPS) is 27.4. The zero-order valence-corrected chi connectivity index (χ0v) is 12.4. The summed E-state index contributed by atoms with van der Waals surface area (Å²) in [6, 6.07) is -0.0456. The molecule has 20 heavy (non-hydrogen) atoms. The fourth-order valence-electron chi connectivity index (χ4n) is 3.45. The van der Waals surface area contributed by atoms with E-state index in [2.05, 4.69) is 6.92 Å². The number of carbonyl (C=O) groups excluding carboxylic acids is 1. The predicted molar refractivity (Wildman–Crippen MR) is 76.6 cm³/mol. The molecule has 2 aliphatic rings. The topological polar surface area (TPSA) is 60.9 Å². The van der Waals surface area contributed by atoms with E-state index in [-0.39, 0.29) is 18.5 Å². The van der Waals surface area contributed by atoms with Gasteiger partial charge in [-0.15, -0.1) is 0 Å². The van der Waals surface area contributed by atoms with Crippen LogP contribution in [0.5, 0.6) is 0 Å². The van der Waals surface area contributed by atoms with Crippen LogP contribution in [0, 0.1) is 5.92 Å². The Morgan fingerprint density at radius 2 is 1.85 bits per heavy atom. The lowest BCUT2D eigenvalue weighted by Gasteiger charge is -2.30. The van der Waals surface area contributed by atoms with E-state index in [1.54, 1.807) is 4.90 Å². The van der Waals surface area contributed by atoms with E-state index < -0.39 is 5.97 Å². The number of likely N-dealkylation sites (tertiary alicyclic amines) is 2. The van der Waals surface area contributed by atoms with E-state index in [0.29, 0.717) is 6.54 Å². The maximum atomic E-state index is 12.6. The van der Waals surface area contributed by atoms with Crippen molar-refractivity contribution < 1.29 is 14.7 Å². The summed E-state index contributed by atoms with van der Waals surface area (Å²) < 4.78 is 0. The van der Waals surface area contributed by atoms with Crippen molar-refractivity contribution in [3.8, 4) is 0 Å². The van der Waals surface area contributed by atoms with Gasteiger partial charge in [-0.1, -0.05) is 13.3 Å². The zero-order valence-electron chi connectivity index (χ0n) is 12.4. The lowest BCUT2D eigenvalue weighted by Crippen LogP contribution is -2.46. The van der Waals surface area contributed by atoms with Gasteiger partial charge in [-0.05, 0) is 38.0 Å². The number of hydrogen-bond acceptors (Lipinski definition) is 2. The van der Waals surface area contributed by atoms with Crippen molar-refractivity contribution in [2.24, 2.45) is 5.92 Å². The van der Waals surface area contributed by atoms with Gasteiger partial charge in [0.15, 0.2) is 0 Å². The van der Waals surface area contributed by atoms with Crippen molar-refractivity contribution in [2.75, 3.05) is 19.6 Å². The molecule has 0 radical (unpaired) electrons. The average molecular weight is 282 g/mol. The number of carbonyl (C=O) groups is 2. The molecule has 2 heterocycles. The predicted octanol–water partition coefficient (Wildman–Crippen LogP) is 2.56. The molecule has 0 aliphatic carbocycles. The number of carboxylic acid groups (broad SMARTS) is 1. The van der Waals surface area contributed by atoms with Crippen molar-refractivity contribution in [3.05, 3.63) is 0 Å². The summed E-state index contributed by atoms with van der Waals surface area (Å²) in [7, 11) is 0. The molecule has 0 spiro atoms. The molecule has 2 amide bonds. The van der Waals surface area contributed by atoms with E-state index >= 15 is 0 Å². The van der Waals surface area contributed by atoms with Crippen LogP contribution in [-0.4, -0.2) is 52.6 Å². The molecule has 0 bridgehead atoms. The Bertz CT molecular complexity index is 359. The summed E-state index contributed by atoms with van der Waals surface area (Å²) in [6.07, 6.45) is 6.38. The van der Waals surface area contributed by atoms with E-state index in [9.17, 15) is 9.59 Å². The summed E-state index contributed by atoms with van der Waals surface area (Å²) in [5, 5.41) is 8.94. The molecule has 2 unspecified atom stereocenters.